The molecule has 1 aliphatic carbocycles. The van der Waals surface area contributed by atoms with Crippen LogP contribution < -0.4 is 16.0 Å². The first-order chi connectivity index (χ1) is 7.16. The summed E-state index contributed by atoms with van der Waals surface area (Å²) in [6.45, 7) is 0. The highest BCUT2D eigenvalue weighted by Gasteiger charge is 2.25. The first kappa shape index (κ1) is 9.83. The minimum atomic E-state index is -0.0666. The molecule has 0 unspecified atom stereocenters. The third-order valence-corrected chi connectivity index (χ3v) is 2.47. The van der Waals surface area contributed by atoms with Gasteiger partial charge in [-0.3, -0.25) is 4.90 Å². The molecule has 0 aromatic heterocycles. The molecule has 1 aromatic rings. The second-order valence-corrected chi connectivity index (χ2v) is 3.88. The molecule has 4 nitrogen and oxygen atoms in total. The van der Waals surface area contributed by atoms with Crippen LogP contribution in [0.1, 0.15) is 12.8 Å². The van der Waals surface area contributed by atoms with Crippen molar-refractivity contribution in [2.24, 2.45) is 0 Å². The van der Waals surface area contributed by atoms with E-state index >= 15 is 0 Å². The molecule has 80 valence electrons. The number of carbonyl (C=O) groups excluding carboxylic acids is 1. The van der Waals surface area contributed by atoms with Gasteiger partial charge in [0.2, 0.25) is 0 Å². The van der Waals surface area contributed by atoms with Crippen molar-refractivity contribution in [3.8, 4) is 0 Å². The van der Waals surface area contributed by atoms with Crippen molar-refractivity contribution in [3.05, 3.63) is 24.3 Å². The van der Waals surface area contributed by atoms with E-state index in [0.29, 0.717) is 11.7 Å². The molecule has 2 amide bonds. The molecule has 0 atom stereocenters. The van der Waals surface area contributed by atoms with Crippen molar-refractivity contribution in [2.45, 2.75) is 18.9 Å². The Morgan fingerprint density at radius 3 is 2.87 bits per heavy atom. The number of rotatable bonds is 2. The van der Waals surface area contributed by atoms with E-state index in [0.717, 1.165) is 18.5 Å². The normalized spacial score (nSPS) is 14.7. The van der Waals surface area contributed by atoms with Crippen molar-refractivity contribution in [1.82, 2.24) is 5.32 Å². The highest BCUT2D eigenvalue weighted by molar-refractivity contribution is 5.92. The maximum atomic E-state index is 11.7. The Labute approximate surface area is 89.1 Å². The molecule has 1 fully saturated rings. The lowest BCUT2D eigenvalue weighted by atomic mass is 10.2. The fourth-order valence-corrected chi connectivity index (χ4v) is 1.35. The van der Waals surface area contributed by atoms with E-state index in [1.807, 2.05) is 12.1 Å². The van der Waals surface area contributed by atoms with Gasteiger partial charge in [0.15, 0.2) is 0 Å². The molecule has 1 aliphatic rings. The Balaban J connectivity index is 2.05. The number of nitrogens with two attached hydrogens (primary N) is 1. The summed E-state index contributed by atoms with van der Waals surface area (Å²) in [5.41, 5.74) is 7.13. The molecule has 1 saturated carbocycles. The van der Waals surface area contributed by atoms with E-state index in [1.165, 1.54) is 0 Å². The number of amides is 2. The van der Waals surface area contributed by atoms with E-state index in [4.69, 9.17) is 5.73 Å². The zero-order valence-corrected chi connectivity index (χ0v) is 8.73. The second-order valence-electron chi connectivity index (χ2n) is 3.88. The lowest BCUT2D eigenvalue weighted by Crippen LogP contribution is -2.38. The molecular formula is C11H15N3O. The van der Waals surface area contributed by atoms with Crippen LogP contribution in [0.5, 0.6) is 0 Å². The molecule has 0 saturated heterocycles. The Morgan fingerprint density at radius 2 is 2.27 bits per heavy atom. The summed E-state index contributed by atoms with van der Waals surface area (Å²) in [5, 5.41) is 2.92. The topological polar surface area (TPSA) is 58.4 Å². The third-order valence-electron chi connectivity index (χ3n) is 2.47. The molecule has 4 heteroatoms. The number of hydrogen-bond acceptors (Lipinski definition) is 2. The van der Waals surface area contributed by atoms with Gasteiger partial charge in [-0.2, -0.15) is 0 Å². The van der Waals surface area contributed by atoms with Crippen molar-refractivity contribution >= 4 is 17.4 Å². The number of hydrogen-bond donors (Lipinski definition) is 2. The fraction of sp³-hybridized carbons (Fsp3) is 0.364. The van der Waals surface area contributed by atoms with Gasteiger partial charge < -0.3 is 11.1 Å². The summed E-state index contributed by atoms with van der Waals surface area (Å²) < 4.78 is 0. The van der Waals surface area contributed by atoms with Crippen LogP contribution >= 0.6 is 0 Å². The van der Waals surface area contributed by atoms with Gasteiger partial charge in [0.25, 0.3) is 0 Å². The van der Waals surface area contributed by atoms with E-state index in [9.17, 15) is 4.79 Å². The van der Waals surface area contributed by atoms with Crippen LogP contribution in [0.3, 0.4) is 0 Å². The van der Waals surface area contributed by atoms with Crippen molar-refractivity contribution in [1.29, 1.82) is 0 Å². The SMILES string of the molecule is CN(C(=O)NC1CC1)c1cccc(N)c1. The summed E-state index contributed by atoms with van der Waals surface area (Å²) in [6, 6.07) is 7.60. The summed E-state index contributed by atoms with van der Waals surface area (Å²) >= 11 is 0. The Hall–Kier alpha value is -1.71. The predicted octanol–water partition coefficient (Wildman–Crippen LogP) is 1.58. The number of urea groups is 1. The highest BCUT2D eigenvalue weighted by Crippen LogP contribution is 2.20. The molecule has 0 spiro atoms. The summed E-state index contributed by atoms with van der Waals surface area (Å²) in [7, 11) is 1.74. The van der Waals surface area contributed by atoms with Gasteiger partial charge in [-0.25, -0.2) is 4.79 Å². The van der Waals surface area contributed by atoms with Crippen LogP contribution in [0, 0.1) is 0 Å². The van der Waals surface area contributed by atoms with Crippen LogP contribution in [0.4, 0.5) is 16.2 Å². The van der Waals surface area contributed by atoms with Gasteiger partial charge in [-0.15, -0.1) is 0 Å². The van der Waals surface area contributed by atoms with Gasteiger partial charge in [0, 0.05) is 24.5 Å². The molecule has 1 aromatic carbocycles. The van der Waals surface area contributed by atoms with Crippen molar-refractivity contribution in [3.63, 3.8) is 0 Å². The van der Waals surface area contributed by atoms with Crippen LogP contribution in [0.15, 0.2) is 24.3 Å². The van der Waals surface area contributed by atoms with Gasteiger partial charge in [0.05, 0.1) is 0 Å². The molecule has 0 radical (unpaired) electrons. The summed E-state index contributed by atoms with van der Waals surface area (Å²) in [5.74, 6) is 0. The maximum Gasteiger partial charge on any atom is 0.321 e. The number of anilines is 2. The Kier molecular flexibility index (Phi) is 2.49. The number of nitrogen functional groups attached to an aromatic ring is 1. The van der Waals surface area contributed by atoms with Crippen LogP contribution in [0.2, 0.25) is 0 Å². The Bertz CT molecular complexity index is 374. The lowest BCUT2D eigenvalue weighted by Gasteiger charge is -2.18. The molecule has 0 aliphatic heterocycles. The van der Waals surface area contributed by atoms with E-state index < -0.39 is 0 Å². The monoisotopic (exact) mass is 205 g/mol. The van der Waals surface area contributed by atoms with Gasteiger partial charge in [-0.05, 0) is 31.0 Å². The van der Waals surface area contributed by atoms with Gasteiger partial charge in [0.1, 0.15) is 0 Å². The fourth-order valence-electron chi connectivity index (χ4n) is 1.35. The minimum Gasteiger partial charge on any atom is -0.399 e. The predicted molar refractivity (Wildman–Crippen MR) is 60.8 cm³/mol. The zero-order valence-electron chi connectivity index (χ0n) is 8.73. The minimum absolute atomic E-state index is 0.0666. The zero-order chi connectivity index (χ0) is 10.8. The number of nitrogens with zero attached hydrogens (tertiary/aromatic N) is 1. The summed E-state index contributed by atoms with van der Waals surface area (Å²) in [6.07, 6.45) is 2.19. The van der Waals surface area contributed by atoms with Gasteiger partial charge >= 0.3 is 6.03 Å². The van der Waals surface area contributed by atoms with Crippen molar-refractivity contribution in [2.75, 3.05) is 17.7 Å². The molecule has 15 heavy (non-hydrogen) atoms. The third kappa shape index (κ3) is 2.40. The van der Waals surface area contributed by atoms with Crippen LogP contribution in [-0.4, -0.2) is 19.1 Å². The van der Waals surface area contributed by atoms with Crippen LogP contribution in [0.25, 0.3) is 0 Å². The summed E-state index contributed by atoms with van der Waals surface area (Å²) in [4.78, 5) is 13.3. The first-order valence-corrected chi connectivity index (χ1v) is 5.06. The molecule has 0 bridgehead atoms. The quantitative estimate of drug-likeness (QED) is 0.720. The largest absolute Gasteiger partial charge is 0.399 e. The number of benzene rings is 1. The van der Waals surface area contributed by atoms with E-state index in [-0.39, 0.29) is 6.03 Å². The average Bonchev–Trinajstić information content (AvgIpc) is 3.00. The molecular weight excluding hydrogens is 190 g/mol. The van der Waals surface area contributed by atoms with Crippen LogP contribution in [-0.2, 0) is 0 Å². The van der Waals surface area contributed by atoms with Gasteiger partial charge in [-0.1, -0.05) is 6.07 Å². The lowest BCUT2D eigenvalue weighted by molar-refractivity contribution is 0.247. The smallest absolute Gasteiger partial charge is 0.321 e. The molecule has 3 N–H and O–H groups in total. The van der Waals surface area contributed by atoms with E-state index in [1.54, 1.807) is 24.1 Å². The highest BCUT2D eigenvalue weighted by atomic mass is 16.2. The molecule has 2 rings (SSSR count). The molecule has 0 heterocycles. The van der Waals surface area contributed by atoms with E-state index in [2.05, 4.69) is 5.32 Å². The standard InChI is InChI=1S/C11H15N3O/c1-14(11(15)13-9-5-6-9)10-4-2-3-8(12)7-10/h2-4,7,9H,5-6,12H2,1H3,(H,13,15). The first-order valence-electron chi connectivity index (χ1n) is 5.06. The Morgan fingerprint density at radius 1 is 1.53 bits per heavy atom. The average molecular weight is 205 g/mol. The number of carbonyl (C=O) groups is 1. The van der Waals surface area contributed by atoms with Crippen molar-refractivity contribution < 1.29 is 4.79 Å². The maximum absolute atomic E-state index is 11.7. The second kappa shape index (κ2) is 3.81. The number of nitrogens with one attached hydrogen (secondary N) is 1.